The minimum Gasteiger partial charge on any atom is -0.507 e. The number of aromatic carboxylic acids is 1. The number of thioether (sulfide) groups is 1. The molecule has 0 heterocycles. The minimum atomic E-state index is -1.12. The second-order valence-corrected chi connectivity index (χ2v) is 6.19. The number of aromatic hydroxyl groups is 1. The lowest BCUT2D eigenvalue weighted by Gasteiger charge is -2.05. The van der Waals surface area contributed by atoms with Gasteiger partial charge >= 0.3 is 5.97 Å². The first-order valence-corrected chi connectivity index (χ1v) is 7.56. The molecule has 2 aromatic rings. The molecule has 0 fully saturated rings. The molecular weight excluding hydrogens is 375 g/mol. The van der Waals surface area contributed by atoms with Crippen molar-refractivity contribution in [2.24, 2.45) is 0 Å². The highest BCUT2D eigenvalue weighted by molar-refractivity contribution is 14.1. The van der Waals surface area contributed by atoms with Crippen LogP contribution < -0.4 is 0 Å². The summed E-state index contributed by atoms with van der Waals surface area (Å²) in [5.74, 6) is -0.533. The number of halogens is 1. The summed E-state index contributed by atoms with van der Waals surface area (Å²) in [7, 11) is 0. The molecule has 0 bridgehead atoms. The zero-order valence-corrected chi connectivity index (χ0v) is 12.8. The zero-order valence-electron chi connectivity index (χ0n) is 9.84. The van der Waals surface area contributed by atoms with Crippen molar-refractivity contribution in [3.8, 4) is 5.75 Å². The van der Waals surface area contributed by atoms with Crippen molar-refractivity contribution in [3.63, 3.8) is 0 Å². The fraction of sp³-hybridized carbons (Fsp3) is 0.0714. The molecule has 0 aromatic heterocycles. The maximum atomic E-state index is 10.8. The lowest BCUT2D eigenvalue weighted by Crippen LogP contribution is -1.96. The Morgan fingerprint density at radius 1 is 1.16 bits per heavy atom. The SMILES string of the molecule is O=C(O)c1ccc(SCc2ccc(I)cc2)cc1O. The van der Waals surface area contributed by atoms with Gasteiger partial charge in [0.25, 0.3) is 0 Å². The van der Waals surface area contributed by atoms with E-state index in [2.05, 4.69) is 34.7 Å². The van der Waals surface area contributed by atoms with Gasteiger partial charge in [0.15, 0.2) is 0 Å². The molecule has 19 heavy (non-hydrogen) atoms. The van der Waals surface area contributed by atoms with E-state index in [9.17, 15) is 9.90 Å². The van der Waals surface area contributed by atoms with Gasteiger partial charge in [-0.15, -0.1) is 11.8 Å². The Morgan fingerprint density at radius 3 is 2.42 bits per heavy atom. The number of hydrogen-bond acceptors (Lipinski definition) is 3. The first-order valence-electron chi connectivity index (χ1n) is 5.50. The minimum absolute atomic E-state index is 0.0707. The van der Waals surface area contributed by atoms with Crippen LogP contribution in [0.1, 0.15) is 15.9 Å². The van der Waals surface area contributed by atoms with Crippen molar-refractivity contribution >= 4 is 40.3 Å². The van der Waals surface area contributed by atoms with Crippen LogP contribution in [0.4, 0.5) is 0 Å². The van der Waals surface area contributed by atoms with Gasteiger partial charge in [-0.2, -0.15) is 0 Å². The second-order valence-electron chi connectivity index (χ2n) is 3.90. The summed E-state index contributed by atoms with van der Waals surface area (Å²) in [5.41, 5.74) is 1.12. The Hall–Kier alpha value is -1.21. The molecule has 2 aromatic carbocycles. The fourth-order valence-corrected chi connectivity index (χ4v) is 2.77. The molecule has 0 aliphatic heterocycles. The molecule has 0 amide bonds. The van der Waals surface area contributed by atoms with Crippen molar-refractivity contribution in [2.75, 3.05) is 0 Å². The van der Waals surface area contributed by atoms with Gasteiger partial charge < -0.3 is 10.2 Å². The highest BCUT2D eigenvalue weighted by Crippen LogP contribution is 2.28. The van der Waals surface area contributed by atoms with Crippen LogP contribution in [-0.2, 0) is 5.75 Å². The predicted octanol–water partition coefficient (Wildman–Crippen LogP) is 3.99. The number of hydrogen-bond donors (Lipinski definition) is 2. The Balaban J connectivity index is 2.06. The third-order valence-corrected chi connectivity index (χ3v) is 4.30. The number of phenols is 1. The van der Waals surface area contributed by atoms with Gasteiger partial charge in [0.2, 0.25) is 0 Å². The van der Waals surface area contributed by atoms with E-state index in [1.807, 2.05) is 12.1 Å². The van der Waals surface area contributed by atoms with E-state index in [4.69, 9.17) is 5.11 Å². The highest BCUT2D eigenvalue weighted by atomic mass is 127. The maximum Gasteiger partial charge on any atom is 0.339 e. The summed E-state index contributed by atoms with van der Waals surface area (Å²) in [4.78, 5) is 11.6. The van der Waals surface area contributed by atoms with E-state index in [-0.39, 0.29) is 11.3 Å². The van der Waals surface area contributed by atoms with E-state index >= 15 is 0 Å². The highest BCUT2D eigenvalue weighted by Gasteiger charge is 2.09. The molecule has 2 N–H and O–H groups in total. The third-order valence-electron chi connectivity index (χ3n) is 2.52. The van der Waals surface area contributed by atoms with Crippen molar-refractivity contribution in [1.82, 2.24) is 0 Å². The summed E-state index contributed by atoms with van der Waals surface area (Å²) in [6.07, 6.45) is 0. The van der Waals surface area contributed by atoms with Crippen LogP contribution in [0, 0.1) is 3.57 Å². The van der Waals surface area contributed by atoms with Gasteiger partial charge in [-0.05, 0) is 58.5 Å². The molecular formula is C14H11IO3S. The molecule has 0 saturated heterocycles. The van der Waals surface area contributed by atoms with Crippen molar-refractivity contribution in [3.05, 3.63) is 57.2 Å². The molecule has 2 rings (SSSR count). The van der Waals surface area contributed by atoms with E-state index in [0.717, 1.165) is 10.6 Å². The standard InChI is InChI=1S/C14H11IO3S/c15-10-3-1-9(2-4-10)8-19-11-5-6-12(14(17)18)13(16)7-11/h1-7,16H,8H2,(H,17,18). The van der Waals surface area contributed by atoms with Crippen LogP contribution in [0.2, 0.25) is 0 Å². The number of carbonyl (C=O) groups is 1. The van der Waals surface area contributed by atoms with Gasteiger partial charge in [-0.25, -0.2) is 4.79 Å². The van der Waals surface area contributed by atoms with Crippen LogP contribution in [0.25, 0.3) is 0 Å². The van der Waals surface area contributed by atoms with Gasteiger partial charge in [0.1, 0.15) is 11.3 Å². The van der Waals surface area contributed by atoms with Crippen LogP contribution in [-0.4, -0.2) is 16.2 Å². The molecule has 5 heteroatoms. The number of rotatable bonds is 4. The zero-order chi connectivity index (χ0) is 13.8. The fourth-order valence-electron chi connectivity index (χ4n) is 1.53. The molecule has 0 aliphatic carbocycles. The maximum absolute atomic E-state index is 10.8. The van der Waals surface area contributed by atoms with Crippen molar-refractivity contribution in [2.45, 2.75) is 10.6 Å². The molecule has 0 aliphatic rings. The third kappa shape index (κ3) is 3.87. The van der Waals surface area contributed by atoms with Crippen LogP contribution in [0.15, 0.2) is 47.4 Å². The van der Waals surface area contributed by atoms with E-state index in [0.29, 0.717) is 0 Å². The van der Waals surface area contributed by atoms with Gasteiger partial charge in [-0.3, -0.25) is 0 Å². The quantitative estimate of drug-likeness (QED) is 0.617. The number of benzene rings is 2. The van der Waals surface area contributed by atoms with Crippen molar-refractivity contribution in [1.29, 1.82) is 0 Å². The summed E-state index contributed by atoms with van der Waals surface area (Å²) in [6, 6.07) is 12.8. The Kier molecular flexibility index (Phi) is 4.71. The van der Waals surface area contributed by atoms with Crippen LogP contribution in [0.3, 0.4) is 0 Å². The van der Waals surface area contributed by atoms with E-state index in [1.165, 1.54) is 21.3 Å². The van der Waals surface area contributed by atoms with Crippen LogP contribution in [0.5, 0.6) is 5.75 Å². The van der Waals surface area contributed by atoms with Crippen LogP contribution >= 0.6 is 34.4 Å². The predicted molar refractivity (Wildman–Crippen MR) is 83.8 cm³/mol. The van der Waals surface area contributed by atoms with E-state index in [1.54, 1.807) is 17.8 Å². The normalized spacial score (nSPS) is 10.4. The lowest BCUT2D eigenvalue weighted by molar-refractivity contribution is 0.0693. The van der Waals surface area contributed by atoms with Gasteiger partial charge in [0.05, 0.1) is 0 Å². The summed E-state index contributed by atoms with van der Waals surface area (Å²) in [5, 5.41) is 18.4. The Labute approximate surface area is 128 Å². The first kappa shape index (κ1) is 14.2. The lowest BCUT2D eigenvalue weighted by atomic mass is 10.2. The average Bonchev–Trinajstić information content (AvgIpc) is 2.37. The van der Waals surface area contributed by atoms with Crippen molar-refractivity contribution < 1.29 is 15.0 Å². The summed E-state index contributed by atoms with van der Waals surface area (Å²) >= 11 is 3.81. The Bertz CT molecular complexity index is 596. The molecule has 0 unspecified atom stereocenters. The molecule has 0 radical (unpaired) electrons. The smallest absolute Gasteiger partial charge is 0.339 e. The Morgan fingerprint density at radius 2 is 1.84 bits per heavy atom. The number of carboxylic acid groups (broad SMARTS) is 1. The number of carboxylic acids is 1. The molecule has 0 saturated carbocycles. The summed E-state index contributed by atoms with van der Waals surface area (Å²) < 4.78 is 1.19. The second kappa shape index (κ2) is 6.29. The molecule has 0 spiro atoms. The van der Waals surface area contributed by atoms with Gasteiger partial charge in [0, 0.05) is 14.2 Å². The average molecular weight is 386 g/mol. The summed E-state index contributed by atoms with van der Waals surface area (Å²) in [6.45, 7) is 0. The molecule has 98 valence electrons. The topological polar surface area (TPSA) is 57.5 Å². The largest absolute Gasteiger partial charge is 0.507 e. The monoisotopic (exact) mass is 386 g/mol. The molecule has 3 nitrogen and oxygen atoms in total. The van der Waals surface area contributed by atoms with Gasteiger partial charge in [-0.1, -0.05) is 12.1 Å². The first-order chi connectivity index (χ1) is 9.06. The molecule has 0 atom stereocenters. The van der Waals surface area contributed by atoms with E-state index < -0.39 is 5.97 Å².